The van der Waals surface area contributed by atoms with E-state index in [4.69, 9.17) is 5.73 Å². The maximum atomic E-state index is 12.1. The van der Waals surface area contributed by atoms with Gasteiger partial charge in [0, 0.05) is 18.5 Å². The number of fused-ring (bicyclic) bond motifs is 1. The molecule has 5 nitrogen and oxygen atoms in total. The van der Waals surface area contributed by atoms with Crippen molar-refractivity contribution in [2.75, 3.05) is 6.54 Å². The molecule has 7 heteroatoms. The van der Waals surface area contributed by atoms with E-state index < -0.39 is 6.61 Å². The summed E-state index contributed by atoms with van der Waals surface area (Å²) in [6.07, 6.45) is 1.89. The van der Waals surface area contributed by atoms with Gasteiger partial charge in [-0.1, -0.05) is 0 Å². The molecule has 2 N–H and O–H groups in total. The average Bonchev–Trinajstić information content (AvgIpc) is 2.90. The third-order valence-corrected chi connectivity index (χ3v) is 3.72. The smallest absolute Gasteiger partial charge is 0.387 e. The van der Waals surface area contributed by atoms with Crippen LogP contribution in [0.5, 0.6) is 5.75 Å². The molecule has 0 saturated carbocycles. The quantitative estimate of drug-likeness (QED) is 0.937. The molecule has 0 saturated heterocycles. The summed E-state index contributed by atoms with van der Waals surface area (Å²) in [5.41, 5.74) is 6.57. The Morgan fingerprint density at radius 2 is 2.05 bits per heavy atom. The maximum Gasteiger partial charge on any atom is 0.387 e. The first kappa shape index (κ1) is 13.9. The van der Waals surface area contributed by atoms with Gasteiger partial charge < -0.3 is 15.0 Å². The van der Waals surface area contributed by atoms with Gasteiger partial charge >= 0.3 is 6.61 Å². The highest BCUT2D eigenvalue weighted by Gasteiger charge is 2.22. The fourth-order valence-corrected chi connectivity index (χ4v) is 2.59. The molecule has 1 aliphatic rings. The first-order valence-corrected chi connectivity index (χ1v) is 6.84. The van der Waals surface area contributed by atoms with Gasteiger partial charge in [-0.15, -0.1) is 10.2 Å². The van der Waals surface area contributed by atoms with Gasteiger partial charge in [-0.05, 0) is 43.1 Å². The number of nitrogens with zero attached hydrogens (tertiary/aromatic N) is 3. The van der Waals surface area contributed by atoms with Crippen molar-refractivity contribution < 1.29 is 13.5 Å². The number of benzene rings is 1. The second-order valence-electron chi connectivity index (χ2n) is 5.09. The number of aromatic nitrogens is 3. The fourth-order valence-electron chi connectivity index (χ4n) is 2.59. The summed E-state index contributed by atoms with van der Waals surface area (Å²) in [4.78, 5) is 0. The van der Waals surface area contributed by atoms with E-state index in [9.17, 15) is 8.78 Å². The second-order valence-corrected chi connectivity index (χ2v) is 5.09. The molecule has 0 amide bonds. The van der Waals surface area contributed by atoms with Gasteiger partial charge in [-0.2, -0.15) is 8.78 Å². The number of rotatable bonds is 4. The van der Waals surface area contributed by atoms with Crippen molar-refractivity contribution in [3.63, 3.8) is 0 Å². The van der Waals surface area contributed by atoms with Gasteiger partial charge in [0.05, 0.1) is 0 Å². The van der Waals surface area contributed by atoms with Crippen LogP contribution in [-0.2, 0) is 13.0 Å². The molecule has 1 atom stereocenters. The minimum atomic E-state index is -2.82. The van der Waals surface area contributed by atoms with E-state index in [2.05, 4.69) is 19.5 Å². The molecule has 2 aromatic rings. The summed E-state index contributed by atoms with van der Waals surface area (Å²) in [5.74, 6) is 2.25. The van der Waals surface area contributed by atoms with Crippen LogP contribution < -0.4 is 10.5 Å². The van der Waals surface area contributed by atoms with Crippen molar-refractivity contribution in [2.45, 2.75) is 26.0 Å². The number of alkyl halides is 2. The van der Waals surface area contributed by atoms with Crippen LogP contribution >= 0.6 is 0 Å². The normalized spacial score (nSPS) is 17.8. The number of ether oxygens (including phenoxy) is 1. The highest BCUT2D eigenvalue weighted by atomic mass is 19.3. The first-order valence-electron chi connectivity index (χ1n) is 6.84. The van der Waals surface area contributed by atoms with Crippen LogP contribution in [0, 0.1) is 5.92 Å². The summed E-state index contributed by atoms with van der Waals surface area (Å²) >= 11 is 0. The van der Waals surface area contributed by atoms with E-state index >= 15 is 0 Å². The van der Waals surface area contributed by atoms with Crippen LogP contribution in [0.1, 0.15) is 12.2 Å². The molecule has 0 bridgehead atoms. The number of hydrogen-bond acceptors (Lipinski definition) is 4. The molecule has 1 aromatic carbocycles. The van der Waals surface area contributed by atoms with Crippen molar-refractivity contribution in [2.24, 2.45) is 11.7 Å². The molecule has 1 unspecified atom stereocenters. The molecule has 3 rings (SSSR count). The summed E-state index contributed by atoms with van der Waals surface area (Å²) < 4.78 is 30.7. The zero-order valence-electron chi connectivity index (χ0n) is 11.4. The highest BCUT2D eigenvalue weighted by molar-refractivity contribution is 5.56. The molecule has 0 radical (unpaired) electrons. The molecule has 0 fully saturated rings. The number of halogens is 2. The summed E-state index contributed by atoms with van der Waals surface area (Å²) in [6.45, 7) is -1.39. The molecule has 2 heterocycles. The average molecular weight is 294 g/mol. The molecule has 0 spiro atoms. The number of hydrogen-bond donors (Lipinski definition) is 1. The first-order chi connectivity index (χ1) is 10.2. The van der Waals surface area contributed by atoms with Crippen molar-refractivity contribution in [1.29, 1.82) is 0 Å². The zero-order valence-corrected chi connectivity index (χ0v) is 11.4. The van der Waals surface area contributed by atoms with Crippen molar-refractivity contribution in [1.82, 2.24) is 14.8 Å². The Kier molecular flexibility index (Phi) is 3.83. The third-order valence-electron chi connectivity index (χ3n) is 3.72. The lowest BCUT2D eigenvalue weighted by atomic mass is 9.99. The molecule has 1 aromatic heterocycles. The largest absolute Gasteiger partial charge is 0.435 e. The SMILES string of the molecule is NCC1CCc2nnc(-c3ccc(OC(F)F)cc3)n2C1. The molecular formula is C14H16F2N4O. The Hall–Kier alpha value is -2.02. The van der Waals surface area contributed by atoms with Gasteiger partial charge in [0.2, 0.25) is 0 Å². The Morgan fingerprint density at radius 1 is 1.29 bits per heavy atom. The van der Waals surface area contributed by atoms with Crippen molar-refractivity contribution in [3.05, 3.63) is 30.1 Å². The second kappa shape index (κ2) is 5.77. The van der Waals surface area contributed by atoms with Crippen LogP contribution in [0.25, 0.3) is 11.4 Å². The van der Waals surface area contributed by atoms with Gasteiger partial charge in [-0.3, -0.25) is 0 Å². The van der Waals surface area contributed by atoms with Crippen molar-refractivity contribution >= 4 is 0 Å². The van der Waals surface area contributed by atoms with Gasteiger partial charge in [0.25, 0.3) is 0 Å². The van der Waals surface area contributed by atoms with Crippen LogP contribution in [0.4, 0.5) is 8.78 Å². The van der Waals surface area contributed by atoms with Crippen LogP contribution in [0.15, 0.2) is 24.3 Å². The standard InChI is InChI=1S/C14H16F2N4O/c15-14(16)21-11-4-2-10(3-5-11)13-19-18-12-6-1-9(7-17)8-20(12)13/h2-5,9,14H,1,6-8,17H2. The summed E-state index contributed by atoms with van der Waals surface area (Å²) in [7, 11) is 0. The highest BCUT2D eigenvalue weighted by Crippen LogP contribution is 2.26. The zero-order chi connectivity index (χ0) is 14.8. The van der Waals surface area contributed by atoms with Crippen LogP contribution in [-0.4, -0.2) is 27.9 Å². The van der Waals surface area contributed by atoms with Crippen LogP contribution in [0.3, 0.4) is 0 Å². The Labute approximate surface area is 120 Å². The Balaban J connectivity index is 1.86. The van der Waals surface area contributed by atoms with E-state index in [-0.39, 0.29) is 5.75 Å². The monoisotopic (exact) mass is 294 g/mol. The van der Waals surface area contributed by atoms with Crippen molar-refractivity contribution in [3.8, 4) is 17.1 Å². The lowest BCUT2D eigenvalue weighted by Gasteiger charge is -2.22. The Bertz CT molecular complexity index is 612. The molecule has 1 aliphatic heterocycles. The van der Waals surface area contributed by atoms with Gasteiger partial charge in [-0.25, -0.2) is 0 Å². The molecule has 112 valence electrons. The van der Waals surface area contributed by atoms with Gasteiger partial charge in [0.1, 0.15) is 11.6 Å². The Morgan fingerprint density at radius 3 is 2.71 bits per heavy atom. The van der Waals surface area contributed by atoms with E-state index in [0.717, 1.165) is 36.6 Å². The van der Waals surface area contributed by atoms with Gasteiger partial charge in [0.15, 0.2) is 5.82 Å². The van der Waals surface area contributed by atoms with E-state index in [0.29, 0.717) is 12.5 Å². The lowest BCUT2D eigenvalue weighted by Crippen LogP contribution is -2.26. The molecule has 0 aliphatic carbocycles. The summed E-state index contributed by atoms with van der Waals surface area (Å²) in [5, 5.41) is 8.40. The molecular weight excluding hydrogens is 278 g/mol. The maximum absolute atomic E-state index is 12.1. The fraction of sp³-hybridized carbons (Fsp3) is 0.429. The summed E-state index contributed by atoms with van der Waals surface area (Å²) in [6, 6.07) is 6.43. The van der Waals surface area contributed by atoms with E-state index in [1.165, 1.54) is 12.1 Å². The topological polar surface area (TPSA) is 66.0 Å². The minimum Gasteiger partial charge on any atom is -0.435 e. The third kappa shape index (κ3) is 2.87. The van der Waals surface area contributed by atoms with E-state index in [1.807, 2.05) is 0 Å². The number of nitrogens with two attached hydrogens (primary N) is 1. The molecule has 21 heavy (non-hydrogen) atoms. The van der Waals surface area contributed by atoms with Crippen LogP contribution in [0.2, 0.25) is 0 Å². The lowest BCUT2D eigenvalue weighted by molar-refractivity contribution is -0.0498. The van der Waals surface area contributed by atoms with E-state index in [1.54, 1.807) is 12.1 Å². The predicted molar refractivity (Wildman–Crippen MR) is 73.0 cm³/mol. The minimum absolute atomic E-state index is 0.131. The predicted octanol–water partition coefficient (Wildman–Crippen LogP) is 2.07. The number of aryl methyl sites for hydroxylation is 1.